The number of H-pyrrole nitrogens is 1. The Balaban J connectivity index is 1.48. The molecule has 2 heterocycles. The molecule has 0 radical (unpaired) electrons. The van der Waals surface area contributed by atoms with Crippen LogP contribution in [0.15, 0.2) is 48.8 Å². The molecule has 2 aromatic heterocycles. The van der Waals surface area contributed by atoms with Gasteiger partial charge < -0.3 is 15.4 Å². The third-order valence-electron chi connectivity index (χ3n) is 4.30. The number of halogens is 2. The van der Waals surface area contributed by atoms with Gasteiger partial charge in [0.15, 0.2) is 17.5 Å². The average Bonchev–Trinajstić information content (AvgIpc) is 3.18. The first-order chi connectivity index (χ1) is 14.5. The van der Waals surface area contributed by atoms with E-state index >= 15 is 0 Å². The molecule has 10 heteroatoms. The molecule has 2 aromatic carbocycles. The number of carbonyl (C=O) groups excluding carboxylic acids is 1. The summed E-state index contributed by atoms with van der Waals surface area (Å²) in [6.07, 6.45) is 1.31. The zero-order valence-electron chi connectivity index (χ0n) is 15.7. The molecule has 0 saturated carbocycles. The first kappa shape index (κ1) is 19.2. The van der Waals surface area contributed by atoms with Crippen molar-refractivity contribution in [3.8, 4) is 5.75 Å². The van der Waals surface area contributed by atoms with Crippen LogP contribution in [0.1, 0.15) is 5.69 Å². The second-order valence-electron chi connectivity index (χ2n) is 6.34. The molecule has 8 nitrogen and oxygen atoms in total. The van der Waals surface area contributed by atoms with Crippen LogP contribution in [0.2, 0.25) is 0 Å². The monoisotopic (exact) mass is 410 g/mol. The number of nitrogens with zero attached hydrogens (tertiary/aromatic N) is 3. The van der Waals surface area contributed by atoms with Crippen LogP contribution in [-0.2, 0) is 11.2 Å². The molecule has 0 fully saturated rings. The number of amides is 1. The highest BCUT2D eigenvalue weighted by molar-refractivity contribution is 5.93. The zero-order valence-corrected chi connectivity index (χ0v) is 15.7. The fourth-order valence-corrected chi connectivity index (χ4v) is 2.87. The number of ether oxygens (including phenoxy) is 1. The van der Waals surface area contributed by atoms with Gasteiger partial charge in [-0.1, -0.05) is 6.07 Å². The minimum atomic E-state index is -1.11. The van der Waals surface area contributed by atoms with E-state index in [9.17, 15) is 13.6 Å². The number of carbonyl (C=O) groups is 1. The summed E-state index contributed by atoms with van der Waals surface area (Å²) in [5.41, 5.74) is 0.975. The molecule has 0 aliphatic carbocycles. The Labute approximate surface area is 169 Å². The van der Waals surface area contributed by atoms with Gasteiger partial charge in [0.05, 0.1) is 24.7 Å². The van der Waals surface area contributed by atoms with Gasteiger partial charge in [0.1, 0.15) is 17.9 Å². The van der Waals surface area contributed by atoms with E-state index in [4.69, 9.17) is 4.74 Å². The third-order valence-corrected chi connectivity index (χ3v) is 4.30. The maximum Gasteiger partial charge on any atom is 0.230 e. The lowest BCUT2D eigenvalue weighted by atomic mass is 10.2. The van der Waals surface area contributed by atoms with Crippen LogP contribution in [-0.4, -0.2) is 33.2 Å². The first-order valence-electron chi connectivity index (χ1n) is 8.87. The Morgan fingerprint density at radius 2 is 2.03 bits per heavy atom. The van der Waals surface area contributed by atoms with Crippen molar-refractivity contribution >= 4 is 34.1 Å². The SMILES string of the molecule is COc1ccc2ncnc(Nc3cc(CC(=O)Nc4cccc(F)c4F)[nH]n3)c2c1. The minimum absolute atomic E-state index is 0.108. The van der Waals surface area contributed by atoms with E-state index in [0.717, 1.165) is 17.0 Å². The second-order valence-corrected chi connectivity index (χ2v) is 6.34. The second kappa shape index (κ2) is 8.11. The van der Waals surface area contributed by atoms with E-state index < -0.39 is 17.5 Å². The van der Waals surface area contributed by atoms with Crippen LogP contribution in [0, 0.1) is 11.6 Å². The number of fused-ring (bicyclic) bond motifs is 1. The number of aromatic nitrogens is 4. The Morgan fingerprint density at radius 3 is 2.87 bits per heavy atom. The molecule has 0 bridgehead atoms. The van der Waals surface area contributed by atoms with Crippen molar-refractivity contribution in [2.45, 2.75) is 6.42 Å². The van der Waals surface area contributed by atoms with Gasteiger partial charge in [0, 0.05) is 17.1 Å². The molecule has 0 aliphatic rings. The molecule has 4 aromatic rings. The largest absolute Gasteiger partial charge is 0.497 e. The quantitative estimate of drug-likeness (QED) is 0.449. The molecule has 0 saturated heterocycles. The molecule has 0 atom stereocenters. The molecule has 1 amide bonds. The summed E-state index contributed by atoms with van der Waals surface area (Å²) in [5.74, 6) is -1.06. The Kier molecular flexibility index (Phi) is 5.21. The van der Waals surface area contributed by atoms with E-state index in [-0.39, 0.29) is 12.1 Å². The van der Waals surface area contributed by atoms with Crippen molar-refractivity contribution in [2.75, 3.05) is 17.7 Å². The topological polar surface area (TPSA) is 105 Å². The van der Waals surface area contributed by atoms with Crippen LogP contribution >= 0.6 is 0 Å². The number of benzene rings is 2. The maximum absolute atomic E-state index is 13.7. The summed E-state index contributed by atoms with van der Waals surface area (Å²) in [4.78, 5) is 20.6. The van der Waals surface area contributed by atoms with Gasteiger partial charge >= 0.3 is 0 Å². The highest BCUT2D eigenvalue weighted by Crippen LogP contribution is 2.26. The Bertz CT molecular complexity index is 1230. The van der Waals surface area contributed by atoms with Crippen molar-refractivity contribution in [3.63, 3.8) is 0 Å². The van der Waals surface area contributed by atoms with Crippen molar-refractivity contribution in [3.05, 3.63) is 66.1 Å². The molecule has 3 N–H and O–H groups in total. The normalized spacial score (nSPS) is 10.8. The fraction of sp³-hybridized carbons (Fsp3) is 0.100. The molecule has 0 aliphatic heterocycles. The summed E-state index contributed by atoms with van der Waals surface area (Å²) < 4.78 is 32.2. The van der Waals surface area contributed by atoms with Crippen LogP contribution < -0.4 is 15.4 Å². The van der Waals surface area contributed by atoms with Gasteiger partial charge in [-0.05, 0) is 30.3 Å². The lowest BCUT2D eigenvalue weighted by Crippen LogP contribution is -2.16. The summed E-state index contributed by atoms with van der Waals surface area (Å²) in [6.45, 7) is 0. The predicted molar refractivity (Wildman–Crippen MR) is 107 cm³/mol. The van der Waals surface area contributed by atoms with E-state index in [2.05, 4.69) is 30.8 Å². The summed E-state index contributed by atoms with van der Waals surface area (Å²) >= 11 is 0. The van der Waals surface area contributed by atoms with E-state index in [0.29, 0.717) is 23.1 Å². The lowest BCUT2D eigenvalue weighted by molar-refractivity contribution is -0.115. The molecule has 0 spiro atoms. The van der Waals surface area contributed by atoms with Gasteiger partial charge in [-0.2, -0.15) is 5.10 Å². The van der Waals surface area contributed by atoms with Gasteiger partial charge in [0.2, 0.25) is 5.91 Å². The van der Waals surface area contributed by atoms with Crippen molar-refractivity contribution in [1.82, 2.24) is 20.2 Å². The number of hydrogen-bond donors (Lipinski definition) is 3. The maximum atomic E-state index is 13.7. The predicted octanol–water partition coefficient (Wildman–Crippen LogP) is 3.56. The Hall–Kier alpha value is -4.08. The van der Waals surface area contributed by atoms with E-state index in [1.807, 2.05) is 6.07 Å². The number of rotatable bonds is 6. The van der Waals surface area contributed by atoms with Crippen LogP contribution in [0.3, 0.4) is 0 Å². The van der Waals surface area contributed by atoms with Crippen molar-refractivity contribution in [2.24, 2.45) is 0 Å². The zero-order chi connectivity index (χ0) is 21.1. The van der Waals surface area contributed by atoms with Gasteiger partial charge in [0.25, 0.3) is 0 Å². The number of nitrogens with one attached hydrogen (secondary N) is 3. The van der Waals surface area contributed by atoms with Crippen LogP contribution in [0.5, 0.6) is 5.75 Å². The number of anilines is 3. The Morgan fingerprint density at radius 1 is 1.17 bits per heavy atom. The van der Waals surface area contributed by atoms with Crippen molar-refractivity contribution < 1.29 is 18.3 Å². The first-order valence-corrected chi connectivity index (χ1v) is 8.87. The standard InChI is InChI=1S/C20H16F2N6O2/c1-30-12-5-6-15-13(9-12)20(24-10-23-15)26-17-7-11(27-28-17)8-18(29)25-16-4-2-3-14(21)19(16)22/h2-7,9-10H,8H2,1H3,(H,25,29)(H2,23,24,26,27,28). The minimum Gasteiger partial charge on any atom is -0.497 e. The highest BCUT2D eigenvalue weighted by Gasteiger charge is 2.13. The summed E-state index contributed by atoms with van der Waals surface area (Å²) in [5, 5.41) is 13.0. The highest BCUT2D eigenvalue weighted by atomic mass is 19.2. The molecular weight excluding hydrogens is 394 g/mol. The summed E-state index contributed by atoms with van der Waals surface area (Å²) in [6, 6.07) is 10.6. The van der Waals surface area contributed by atoms with E-state index in [1.54, 1.807) is 25.3 Å². The molecule has 4 rings (SSSR count). The molecule has 0 unspecified atom stereocenters. The number of methoxy groups -OCH3 is 1. The van der Waals surface area contributed by atoms with Crippen LogP contribution in [0.25, 0.3) is 10.9 Å². The van der Waals surface area contributed by atoms with Gasteiger partial charge in [-0.25, -0.2) is 18.7 Å². The van der Waals surface area contributed by atoms with E-state index in [1.165, 1.54) is 18.5 Å². The lowest BCUT2D eigenvalue weighted by Gasteiger charge is -2.07. The number of aromatic amines is 1. The van der Waals surface area contributed by atoms with Gasteiger partial charge in [-0.3, -0.25) is 9.89 Å². The third kappa shape index (κ3) is 4.02. The molecule has 30 heavy (non-hydrogen) atoms. The number of hydrogen-bond acceptors (Lipinski definition) is 6. The van der Waals surface area contributed by atoms with Gasteiger partial charge in [-0.15, -0.1) is 0 Å². The van der Waals surface area contributed by atoms with Crippen LogP contribution in [0.4, 0.5) is 26.1 Å². The smallest absolute Gasteiger partial charge is 0.230 e. The fourth-order valence-electron chi connectivity index (χ4n) is 2.87. The average molecular weight is 410 g/mol. The van der Waals surface area contributed by atoms with Crippen molar-refractivity contribution in [1.29, 1.82) is 0 Å². The molecule has 152 valence electrons. The summed E-state index contributed by atoms with van der Waals surface area (Å²) in [7, 11) is 1.57. The molecular formula is C20H16F2N6O2.